The SMILES string of the molecule is CCNCC1(Cc2ccn(C3CCCC3)n2)CC1. The van der Waals surface area contributed by atoms with Gasteiger partial charge in [-0.1, -0.05) is 19.8 Å². The Morgan fingerprint density at radius 3 is 2.83 bits per heavy atom. The molecule has 3 heteroatoms. The van der Waals surface area contributed by atoms with Gasteiger partial charge in [0, 0.05) is 12.7 Å². The molecular formula is C15H25N3. The van der Waals surface area contributed by atoms with E-state index in [4.69, 9.17) is 5.10 Å². The third-order valence-corrected chi connectivity index (χ3v) is 4.63. The fourth-order valence-electron chi connectivity index (χ4n) is 3.21. The molecule has 1 aromatic heterocycles. The monoisotopic (exact) mass is 247 g/mol. The summed E-state index contributed by atoms with van der Waals surface area (Å²) in [6.07, 6.45) is 11.5. The van der Waals surface area contributed by atoms with Crippen LogP contribution in [0, 0.1) is 5.41 Å². The largest absolute Gasteiger partial charge is 0.316 e. The molecule has 0 saturated heterocycles. The Morgan fingerprint density at radius 1 is 1.39 bits per heavy atom. The standard InChI is InChI=1S/C15H25N3/c1-2-16-12-15(8-9-15)11-13-7-10-18(17-13)14-5-3-4-6-14/h7,10,14,16H,2-6,8-9,11-12H2,1H3. The molecule has 2 aliphatic rings. The Bertz CT molecular complexity index is 386. The minimum absolute atomic E-state index is 0.533. The zero-order valence-corrected chi connectivity index (χ0v) is 11.5. The summed E-state index contributed by atoms with van der Waals surface area (Å²) in [6, 6.07) is 2.92. The van der Waals surface area contributed by atoms with E-state index in [1.165, 1.54) is 57.2 Å². The molecule has 0 aromatic carbocycles. The van der Waals surface area contributed by atoms with Gasteiger partial charge in [-0.05, 0) is 50.1 Å². The molecule has 1 heterocycles. The molecule has 0 amide bonds. The minimum Gasteiger partial charge on any atom is -0.316 e. The van der Waals surface area contributed by atoms with Crippen LogP contribution in [0.2, 0.25) is 0 Å². The molecular weight excluding hydrogens is 222 g/mol. The van der Waals surface area contributed by atoms with Gasteiger partial charge >= 0.3 is 0 Å². The first-order valence-corrected chi connectivity index (χ1v) is 7.56. The predicted octanol–water partition coefficient (Wildman–Crippen LogP) is 2.93. The third kappa shape index (κ3) is 2.61. The summed E-state index contributed by atoms with van der Waals surface area (Å²) in [6.45, 7) is 4.43. The van der Waals surface area contributed by atoms with Crippen LogP contribution in [0.5, 0.6) is 0 Å². The summed E-state index contributed by atoms with van der Waals surface area (Å²) >= 11 is 0. The highest BCUT2D eigenvalue weighted by atomic mass is 15.3. The van der Waals surface area contributed by atoms with Crippen LogP contribution in [0.25, 0.3) is 0 Å². The molecule has 0 atom stereocenters. The van der Waals surface area contributed by atoms with Crippen LogP contribution >= 0.6 is 0 Å². The second-order valence-corrected chi connectivity index (χ2v) is 6.18. The van der Waals surface area contributed by atoms with Gasteiger partial charge < -0.3 is 5.32 Å². The Hall–Kier alpha value is -0.830. The lowest BCUT2D eigenvalue weighted by Gasteiger charge is -2.14. The van der Waals surface area contributed by atoms with Crippen molar-refractivity contribution in [1.82, 2.24) is 15.1 Å². The van der Waals surface area contributed by atoms with E-state index in [-0.39, 0.29) is 0 Å². The van der Waals surface area contributed by atoms with E-state index in [9.17, 15) is 0 Å². The van der Waals surface area contributed by atoms with Crippen molar-refractivity contribution in [2.45, 2.75) is 57.9 Å². The van der Waals surface area contributed by atoms with Crippen LogP contribution in [0.1, 0.15) is 57.2 Å². The van der Waals surface area contributed by atoms with Gasteiger partial charge in [0.2, 0.25) is 0 Å². The zero-order valence-electron chi connectivity index (χ0n) is 11.5. The summed E-state index contributed by atoms with van der Waals surface area (Å²) in [4.78, 5) is 0. The second-order valence-electron chi connectivity index (χ2n) is 6.18. The molecule has 0 aliphatic heterocycles. The smallest absolute Gasteiger partial charge is 0.0630 e. The molecule has 3 nitrogen and oxygen atoms in total. The van der Waals surface area contributed by atoms with E-state index in [0.717, 1.165) is 6.54 Å². The molecule has 1 aromatic rings. The van der Waals surface area contributed by atoms with Gasteiger partial charge in [-0.15, -0.1) is 0 Å². The van der Waals surface area contributed by atoms with E-state index < -0.39 is 0 Å². The zero-order chi connectivity index (χ0) is 12.4. The van der Waals surface area contributed by atoms with Gasteiger partial charge in [0.1, 0.15) is 0 Å². The van der Waals surface area contributed by atoms with Gasteiger partial charge in [-0.25, -0.2) is 0 Å². The van der Waals surface area contributed by atoms with Crippen LogP contribution in [-0.2, 0) is 6.42 Å². The average Bonchev–Trinajstić information content (AvgIpc) is 2.84. The van der Waals surface area contributed by atoms with Crippen molar-refractivity contribution in [1.29, 1.82) is 0 Å². The van der Waals surface area contributed by atoms with E-state index in [1.54, 1.807) is 0 Å². The van der Waals surface area contributed by atoms with E-state index in [2.05, 4.69) is 29.2 Å². The third-order valence-electron chi connectivity index (χ3n) is 4.63. The van der Waals surface area contributed by atoms with Gasteiger partial charge in [-0.2, -0.15) is 5.10 Å². The molecule has 100 valence electrons. The van der Waals surface area contributed by atoms with E-state index in [1.807, 2.05) is 0 Å². The van der Waals surface area contributed by atoms with Crippen molar-refractivity contribution >= 4 is 0 Å². The number of rotatable bonds is 6. The maximum atomic E-state index is 4.81. The molecule has 2 fully saturated rings. The number of aromatic nitrogens is 2. The number of nitrogens with zero attached hydrogens (tertiary/aromatic N) is 2. The first kappa shape index (κ1) is 12.2. The molecule has 0 radical (unpaired) electrons. The summed E-state index contributed by atoms with van der Waals surface area (Å²) in [7, 11) is 0. The molecule has 2 aliphatic carbocycles. The van der Waals surface area contributed by atoms with Crippen LogP contribution in [0.3, 0.4) is 0 Å². The second kappa shape index (κ2) is 5.04. The van der Waals surface area contributed by atoms with Gasteiger partial charge in [0.15, 0.2) is 0 Å². The Kier molecular flexibility index (Phi) is 3.42. The van der Waals surface area contributed by atoms with Crippen LogP contribution in [-0.4, -0.2) is 22.9 Å². The highest BCUT2D eigenvalue weighted by molar-refractivity contribution is 5.09. The van der Waals surface area contributed by atoms with E-state index in [0.29, 0.717) is 11.5 Å². The highest BCUT2D eigenvalue weighted by Gasteiger charge is 2.42. The van der Waals surface area contributed by atoms with Crippen molar-refractivity contribution in [3.8, 4) is 0 Å². The number of nitrogens with one attached hydrogen (secondary N) is 1. The molecule has 0 bridgehead atoms. The summed E-state index contributed by atoms with van der Waals surface area (Å²) in [5, 5.41) is 8.31. The van der Waals surface area contributed by atoms with Crippen molar-refractivity contribution < 1.29 is 0 Å². The average molecular weight is 247 g/mol. The lowest BCUT2D eigenvalue weighted by atomic mass is 10.0. The van der Waals surface area contributed by atoms with Crippen molar-refractivity contribution in [2.24, 2.45) is 5.41 Å². The normalized spacial score (nSPS) is 22.5. The van der Waals surface area contributed by atoms with Gasteiger partial charge in [0.25, 0.3) is 0 Å². The maximum absolute atomic E-state index is 4.81. The number of hydrogen-bond acceptors (Lipinski definition) is 2. The fourth-order valence-corrected chi connectivity index (χ4v) is 3.21. The van der Waals surface area contributed by atoms with E-state index >= 15 is 0 Å². The fraction of sp³-hybridized carbons (Fsp3) is 0.800. The van der Waals surface area contributed by atoms with Gasteiger partial charge in [-0.3, -0.25) is 4.68 Å². The summed E-state index contributed by atoms with van der Waals surface area (Å²) in [5.41, 5.74) is 1.84. The van der Waals surface area contributed by atoms with Crippen LogP contribution < -0.4 is 5.32 Å². The Balaban J connectivity index is 1.59. The first-order chi connectivity index (χ1) is 8.81. The first-order valence-electron chi connectivity index (χ1n) is 7.56. The van der Waals surface area contributed by atoms with Crippen LogP contribution in [0.15, 0.2) is 12.3 Å². The topological polar surface area (TPSA) is 29.9 Å². The van der Waals surface area contributed by atoms with Crippen molar-refractivity contribution in [3.63, 3.8) is 0 Å². The molecule has 18 heavy (non-hydrogen) atoms. The number of hydrogen-bond donors (Lipinski definition) is 1. The Labute approximate surface area is 110 Å². The molecule has 0 spiro atoms. The van der Waals surface area contributed by atoms with Crippen LogP contribution in [0.4, 0.5) is 0 Å². The molecule has 1 N–H and O–H groups in total. The predicted molar refractivity (Wildman–Crippen MR) is 73.6 cm³/mol. The van der Waals surface area contributed by atoms with Crippen molar-refractivity contribution in [3.05, 3.63) is 18.0 Å². The van der Waals surface area contributed by atoms with Crippen molar-refractivity contribution in [2.75, 3.05) is 13.1 Å². The molecule has 2 saturated carbocycles. The lowest BCUT2D eigenvalue weighted by molar-refractivity contribution is 0.436. The highest BCUT2D eigenvalue weighted by Crippen LogP contribution is 2.47. The summed E-state index contributed by atoms with van der Waals surface area (Å²) in [5.74, 6) is 0. The minimum atomic E-state index is 0.533. The summed E-state index contributed by atoms with van der Waals surface area (Å²) < 4.78 is 2.23. The Morgan fingerprint density at radius 2 is 2.17 bits per heavy atom. The maximum Gasteiger partial charge on any atom is 0.0630 e. The molecule has 3 rings (SSSR count). The van der Waals surface area contributed by atoms with Gasteiger partial charge in [0.05, 0.1) is 11.7 Å². The molecule has 0 unspecified atom stereocenters. The lowest BCUT2D eigenvalue weighted by Crippen LogP contribution is -2.25. The quantitative estimate of drug-likeness (QED) is 0.837.